The number of piperidine rings is 1. The van der Waals surface area contributed by atoms with Gasteiger partial charge in [0, 0.05) is 30.7 Å². The molecule has 11 heteroatoms. The summed E-state index contributed by atoms with van der Waals surface area (Å²) in [7, 11) is -3.91. The van der Waals surface area contributed by atoms with E-state index in [1.165, 1.54) is 16.4 Å². The molecule has 0 unspecified atom stereocenters. The molecule has 2 heterocycles. The van der Waals surface area contributed by atoms with Crippen molar-refractivity contribution < 1.29 is 31.5 Å². The van der Waals surface area contributed by atoms with Gasteiger partial charge in [-0.25, -0.2) is 8.42 Å². The minimum absolute atomic E-state index is 0.0309. The Balaban J connectivity index is 1.51. The lowest BCUT2D eigenvalue weighted by Crippen LogP contribution is -2.45. The molecule has 0 spiro atoms. The summed E-state index contributed by atoms with van der Waals surface area (Å²) in [5, 5.41) is 11.0. The highest BCUT2D eigenvalue weighted by atomic mass is 79.9. The highest BCUT2D eigenvalue weighted by molar-refractivity contribution is 9.10. The summed E-state index contributed by atoms with van der Waals surface area (Å²) >= 11 is 3.35. The largest absolute Gasteiger partial charge is 0.471 e. The fourth-order valence-corrected chi connectivity index (χ4v) is 6.10. The van der Waals surface area contributed by atoms with Crippen molar-refractivity contribution >= 4 is 31.9 Å². The average molecular weight is 547 g/mol. The Hall–Kier alpha value is -1.95. The molecule has 0 atom stereocenters. The standard InChI is InChI=1S/C22H22BrF3N2O4S/c23-18-4-2-17(3-5-18)21(30)8-11-28(12-9-21)33(31,32)19-6-1-15-7-10-27(14-16(15)13-19)20(29)22(24,25)26/h1-6,13,30H,7-12,14H2. The van der Waals surface area contributed by atoms with E-state index in [-0.39, 0.29) is 50.3 Å². The Morgan fingerprint density at radius 3 is 2.24 bits per heavy atom. The van der Waals surface area contributed by atoms with Crippen LogP contribution in [-0.4, -0.2) is 54.4 Å². The number of sulfonamides is 1. The van der Waals surface area contributed by atoms with Gasteiger partial charge in [0.25, 0.3) is 0 Å². The average Bonchev–Trinajstić information content (AvgIpc) is 2.78. The van der Waals surface area contributed by atoms with E-state index >= 15 is 0 Å². The summed E-state index contributed by atoms with van der Waals surface area (Å²) in [5.74, 6) is -1.93. The number of rotatable bonds is 3. The molecule has 4 rings (SSSR count). The molecule has 178 valence electrons. The third-order valence-corrected chi connectivity index (χ3v) is 8.71. The number of nitrogens with zero attached hydrogens (tertiary/aromatic N) is 2. The van der Waals surface area contributed by atoms with Crippen molar-refractivity contribution in [2.24, 2.45) is 0 Å². The van der Waals surface area contributed by atoms with Gasteiger partial charge in [-0.2, -0.15) is 17.5 Å². The smallest absolute Gasteiger partial charge is 0.385 e. The minimum Gasteiger partial charge on any atom is -0.385 e. The second-order valence-corrected chi connectivity index (χ2v) is 11.2. The first-order valence-corrected chi connectivity index (χ1v) is 12.6. The number of benzene rings is 2. The molecule has 0 aliphatic carbocycles. The second-order valence-electron chi connectivity index (χ2n) is 8.35. The number of carbonyl (C=O) groups is 1. The highest BCUT2D eigenvalue weighted by Gasteiger charge is 2.43. The molecule has 2 aromatic rings. The Morgan fingerprint density at radius 1 is 1.00 bits per heavy atom. The predicted molar refractivity (Wildman–Crippen MR) is 118 cm³/mol. The maximum atomic E-state index is 13.2. The van der Waals surface area contributed by atoms with Crippen LogP contribution in [0.1, 0.15) is 29.5 Å². The Labute approximate surface area is 198 Å². The van der Waals surface area contributed by atoms with Crippen LogP contribution in [0.25, 0.3) is 0 Å². The van der Waals surface area contributed by atoms with Crippen molar-refractivity contribution in [1.29, 1.82) is 0 Å². The molecule has 1 saturated heterocycles. The lowest BCUT2D eigenvalue weighted by Gasteiger charge is -2.38. The topological polar surface area (TPSA) is 77.9 Å². The summed E-state index contributed by atoms with van der Waals surface area (Å²) in [4.78, 5) is 12.3. The lowest BCUT2D eigenvalue weighted by molar-refractivity contribution is -0.186. The monoisotopic (exact) mass is 546 g/mol. The van der Waals surface area contributed by atoms with Crippen LogP contribution < -0.4 is 0 Å². The molecule has 33 heavy (non-hydrogen) atoms. The Morgan fingerprint density at radius 2 is 1.64 bits per heavy atom. The van der Waals surface area contributed by atoms with E-state index in [0.717, 1.165) is 10.0 Å². The summed E-state index contributed by atoms with van der Waals surface area (Å²) in [6, 6.07) is 11.6. The van der Waals surface area contributed by atoms with Crippen LogP contribution >= 0.6 is 15.9 Å². The zero-order valence-electron chi connectivity index (χ0n) is 17.5. The van der Waals surface area contributed by atoms with Gasteiger partial charge < -0.3 is 10.0 Å². The van der Waals surface area contributed by atoms with Crippen LogP contribution in [0.2, 0.25) is 0 Å². The molecular formula is C22H22BrF3N2O4S. The normalized spacial score (nSPS) is 19.2. The first-order valence-electron chi connectivity index (χ1n) is 10.4. The molecule has 0 bridgehead atoms. The maximum Gasteiger partial charge on any atom is 0.471 e. The van der Waals surface area contributed by atoms with E-state index in [1.807, 2.05) is 12.1 Å². The quantitative estimate of drug-likeness (QED) is 0.638. The number of carbonyl (C=O) groups excluding carboxylic acids is 1. The Kier molecular flexibility index (Phi) is 6.36. The van der Waals surface area contributed by atoms with Gasteiger partial charge in [0.1, 0.15) is 0 Å². The summed E-state index contributed by atoms with van der Waals surface area (Å²) < 4.78 is 67.0. The van der Waals surface area contributed by atoms with Crippen LogP contribution in [0.5, 0.6) is 0 Å². The van der Waals surface area contributed by atoms with Crippen LogP contribution in [-0.2, 0) is 33.4 Å². The Bertz CT molecular complexity index is 1160. The van der Waals surface area contributed by atoms with E-state index in [2.05, 4.69) is 15.9 Å². The molecule has 2 aliphatic heterocycles. The van der Waals surface area contributed by atoms with Crippen molar-refractivity contribution in [2.75, 3.05) is 19.6 Å². The fraction of sp³-hybridized carbons (Fsp3) is 0.409. The van der Waals surface area contributed by atoms with Gasteiger partial charge in [0.15, 0.2) is 0 Å². The first kappa shape index (κ1) is 24.2. The van der Waals surface area contributed by atoms with E-state index in [1.54, 1.807) is 18.2 Å². The molecule has 6 nitrogen and oxygen atoms in total. The van der Waals surface area contributed by atoms with Gasteiger partial charge in [-0.1, -0.05) is 34.1 Å². The number of hydrogen-bond donors (Lipinski definition) is 1. The van der Waals surface area contributed by atoms with E-state index in [4.69, 9.17) is 0 Å². The molecule has 1 amide bonds. The molecule has 0 aromatic heterocycles. The fourth-order valence-electron chi connectivity index (χ4n) is 4.34. The number of amides is 1. The van der Waals surface area contributed by atoms with E-state index in [0.29, 0.717) is 16.0 Å². The number of alkyl halides is 3. The zero-order valence-corrected chi connectivity index (χ0v) is 19.9. The third-order valence-electron chi connectivity index (χ3n) is 6.29. The van der Waals surface area contributed by atoms with Gasteiger partial charge in [0.05, 0.1) is 10.5 Å². The molecule has 2 aliphatic rings. The van der Waals surface area contributed by atoms with Crippen LogP contribution in [0.3, 0.4) is 0 Å². The molecule has 0 radical (unpaired) electrons. The van der Waals surface area contributed by atoms with Gasteiger partial charge in [-0.3, -0.25) is 4.79 Å². The second kappa shape index (κ2) is 8.68. The third kappa shape index (κ3) is 4.82. The lowest BCUT2D eigenvalue weighted by atomic mass is 9.85. The SMILES string of the molecule is O=C(N1CCc2ccc(S(=O)(=O)N3CCC(O)(c4ccc(Br)cc4)CC3)cc2C1)C(F)(F)F. The minimum atomic E-state index is -4.97. The van der Waals surface area contributed by atoms with Crippen molar-refractivity contribution in [1.82, 2.24) is 9.21 Å². The van der Waals surface area contributed by atoms with Crippen molar-refractivity contribution in [3.05, 3.63) is 63.6 Å². The van der Waals surface area contributed by atoms with Crippen LogP contribution in [0.15, 0.2) is 51.8 Å². The summed E-state index contributed by atoms with van der Waals surface area (Å²) in [6.07, 6.45) is -4.32. The maximum absolute atomic E-state index is 13.2. The summed E-state index contributed by atoms with van der Waals surface area (Å²) in [5.41, 5.74) is 0.693. The van der Waals surface area contributed by atoms with Crippen LogP contribution in [0.4, 0.5) is 13.2 Å². The van der Waals surface area contributed by atoms with Gasteiger partial charge >= 0.3 is 12.1 Å². The molecule has 2 aromatic carbocycles. The van der Waals surface area contributed by atoms with Gasteiger partial charge in [-0.15, -0.1) is 0 Å². The zero-order chi connectivity index (χ0) is 24.0. The molecular weight excluding hydrogens is 525 g/mol. The van der Waals surface area contributed by atoms with Gasteiger partial charge in [0.2, 0.25) is 10.0 Å². The van der Waals surface area contributed by atoms with E-state index in [9.17, 15) is 31.5 Å². The van der Waals surface area contributed by atoms with Crippen LogP contribution in [0, 0.1) is 0 Å². The predicted octanol–water partition coefficient (Wildman–Crippen LogP) is 3.57. The van der Waals surface area contributed by atoms with Gasteiger partial charge in [-0.05, 0) is 60.2 Å². The number of hydrogen-bond acceptors (Lipinski definition) is 4. The summed E-state index contributed by atoms with van der Waals surface area (Å²) in [6.45, 7) is -0.159. The number of halogens is 4. The number of fused-ring (bicyclic) bond motifs is 1. The molecule has 0 saturated carbocycles. The van der Waals surface area contributed by atoms with Crippen molar-refractivity contribution in [2.45, 2.75) is 42.5 Å². The van der Waals surface area contributed by atoms with E-state index < -0.39 is 27.7 Å². The highest BCUT2D eigenvalue weighted by Crippen LogP contribution is 2.36. The molecule has 1 fully saturated rings. The molecule has 1 N–H and O–H groups in total. The number of aliphatic hydroxyl groups is 1. The van der Waals surface area contributed by atoms with Crippen molar-refractivity contribution in [3.8, 4) is 0 Å². The first-order chi connectivity index (χ1) is 15.4. The van der Waals surface area contributed by atoms with Crippen molar-refractivity contribution in [3.63, 3.8) is 0 Å².